The number of nitrogens with one attached hydrogen (secondary N) is 1. The van der Waals surface area contributed by atoms with Crippen LogP contribution in [0.4, 0.5) is 5.69 Å². The van der Waals surface area contributed by atoms with Crippen molar-refractivity contribution in [2.24, 2.45) is 0 Å². The van der Waals surface area contributed by atoms with Crippen LogP contribution in [-0.4, -0.2) is 49.6 Å². The first-order valence-electron chi connectivity index (χ1n) is 8.35. The molecule has 0 saturated carbocycles. The quantitative estimate of drug-likeness (QED) is 0.686. The maximum absolute atomic E-state index is 12.8. The molecular formula is C19H20N4O4S. The monoisotopic (exact) mass is 400 g/mol. The molecule has 0 aliphatic heterocycles. The van der Waals surface area contributed by atoms with Gasteiger partial charge in [0.2, 0.25) is 10.0 Å². The van der Waals surface area contributed by atoms with Crippen molar-refractivity contribution in [3.8, 4) is 11.4 Å². The Morgan fingerprint density at radius 1 is 1.14 bits per heavy atom. The number of aromatic nitrogens is 2. The summed E-state index contributed by atoms with van der Waals surface area (Å²) in [6.45, 7) is 0. The van der Waals surface area contributed by atoms with Crippen molar-refractivity contribution < 1.29 is 17.9 Å². The van der Waals surface area contributed by atoms with Crippen LogP contribution in [0.5, 0.6) is 5.75 Å². The fraction of sp³-hybridized carbons (Fsp3) is 0.158. The van der Waals surface area contributed by atoms with Crippen molar-refractivity contribution in [3.05, 3.63) is 66.5 Å². The standard InChI is InChI=1S/C19H20N4O4S/c1-22(2)28(25,26)18-13-14(9-10-17(18)27-3)19(24)21-15-7-4-5-8-16(15)23-12-6-11-20-23/h4-13H,1-3H3,(H,21,24). The summed E-state index contributed by atoms with van der Waals surface area (Å²) in [6.07, 6.45) is 3.40. The van der Waals surface area contributed by atoms with Gasteiger partial charge in [0.05, 0.1) is 18.5 Å². The highest BCUT2D eigenvalue weighted by atomic mass is 32.2. The van der Waals surface area contributed by atoms with E-state index in [0.29, 0.717) is 11.4 Å². The Labute approximate surface area is 163 Å². The zero-order chi connectivity index (χ0) is 20.3. The van der Waals surface area contributed by atoms with Gasteiger partial charge >= 0.3 is 0 Å². The number of anilines is 1. The molecule has 9 heteroatoms. The number of nitrogens with zero attached hydrogens (tertiary/aromatic N) is 3. The van der Waals surface area contributed by atoms with Crippen LogP contribution in [0.3, 0.4) is 0 Å². The van der Waals surface area contributed by atoms with Crippen molar-refractivity contribution in [1.29, 1.82) is 0 Å². The molecular weight excluding hydrogens is 380 g/mol. The molecule has 0 atom stereocenters. The topological polar surface area (TPSA) is 93.5 Å². The van der Waals surface area contributed by atoms with Gasteiger partial charge in [-0.25, -0.2) is 17.4 Å². The molecule has 0 unspecified atom stereocenters. The lowest BCUT2D eigenvalue weighted by molar-refractivity contribution is 0.102. The number of para-hydroxylation sites is 2. The average molecular weight is 400 g/mol. The Morgan fingerprint density at radius 3 is 2.54 bits per heavy atom. The molecule has 3 rings (SSSR count). The zero-order valence-electron chi connectivity index (χ0n) is 15.7. The molecule has 3 aromatic rings. The molecule has 0 saturated heterocycles. The van der Waals surface area contributed by atoms with Crippen LogP contribution in [0.2, 0.25) is 0 Å². The molecule has 146 valence electrons. The molecule has 2 aromatic carbocycles. The number of carbonyl (C=O) groups is 1. The normalized spacial score (nSPS) is 11.4. The average Bonchev–Trinajstić information content (AvgIpc) is 3.22. The third kappa shape index (κ3) is 3.75. The number of hydrogen-bond donors (Lipinski definition) is 1. The van der Waals surface area contributed by atoms with Crippen molar-refractivity contribution in [3.63, 3.8) is 0 Å². The third-order valence-electron chi connectivity index (χ3n) is 4.09. The summed E-state index contributed by atoms with van der Waals surface area (Å²) in [5, 5.41) is 6.99. The van der Waals surface area contributed by atoms with E-state index in [1.54, 1.807) is 35.3 Å². The maximum Gasteiger partial charge on any atom is 0.255 e. The van der Waals surface area contributed by atoms with E-state index in [9.17, 15) is 13.2 Å². The Balaban J connectivity index is 1.97. The highest BCUT2D eigenvalue weighted by Gasteiger charge is 2.24. The first-order chi connectivity index (χ1) is 13.3. The summed E-state index contributed by atoms with van der Waals surface area (Å²) in [6, 6.07) is 13.2. The predicted molar refractivity (Wildman–Crippen MR) is 105 cm³/mol. The van der Waals surface area contributed by atoms with Crippen LogP contribution < -0.4 is 10.1 Å². The summed E-state index contributed by atoms with van der Waals surface area (Å²) in [7, 11) is 0.438. The number of ether oxygens (including phenoxy) is 1. The van der Waals surface area contributed by atoms with E-state index in [1.165, 1.54) is 39.4 Å². The minimum atomic E-state index is -3.78. The van der Waals surface area contributed by atoms with E-state index in [1.807, 2.05) is 12.1 Å². The van der Waals surface area contributed by atoms with Crippen molar-refractivity contribution in [1.82, 2.24) is 14.1 Å². The van der Waals surface area contributed by atoms with Crippen LogP contribution >= 0.6 is 0 Å². The Morgan fingerprint density at radius 2 is 1.89 bits per heavy atom. The summed E-state index contributed by atoms with van der Waals surface area (Å²) in [5.41, 5.74) is 1.43. The molecule has 1 heterocycles. The summed E-state index contributed by atoms with van der Waals surface area (Å²) >= 11 is 0. The fourth-order valence-corrected chi connectivity index (χ4v) is 3.68. The number of sulfonamides is 1. The van der Waals surface area contributed by atoms with Crippen molar-refractivity contribution in [2.45, 2.75) is 4.90 Å². The minimum absolute atomic E-state index is 0.0759. The third-order valence-corrected chi connectivity index (χ3v) is 5.92. The molecule has 28 heavy (non-hydrogen) atoms. The molecule has 0 fully saturated rings. The van der Waals surface area contributed by atoms with E-state index in [4.69, 9.17) is 4.74 Å². The number of methoxy groups -OCH3 is 1. The van der Waals surface area contributed by atoms with Crippen LogP contribution in [0.1, 0.15) is 10.4 Å². The lowest BCUT2D eigenvalue weighted by atomic mass is 10.2. The Hall–Kier alpha value is -3.17. The first kappa shape index (κ1) is 19.6. The van der Waals surface area contributed by atoms with Gasteiger partial charge in [0.25, 0.3) is 5.91 Å². The molecule has 0 aliphatic rings. The van der Waals surface area contributed by atoms with Gasteiger partial charge in [-0.2, -0.15) is 5.10 Å². The van der Waals surface area contributed by atoms with E-state index in [2.05, 4.69) is 10.4 Å². The minimum Gasteiger partial charge on any atom is -0.495 e. The van der Waals surface area contributed by atoms with Crippen LogP contribution in [0.15, 0.2) is 65.8 Å². The first-order valence-corrected chi connectivity index (χ1v) is 9.79. The SMILES string of the molecule is COc1ccc(C(=O)Nc2ccccc2-n2cccn2)cc1S(=O)(=O)N(C)C. The fourth-order valence-electron chi connectivity index (χ4n) is 2.60. The number of benzene rings is 2. The van der Waals surface area contributed by atoms with Gasteiger partial charge < -0.3 is 10.1 Å². The van der Waals surface area contributed by atoms with E-state index >= 15 is 0 Å². The second kappa shape index (κ2) is 7.83. The van der Waals surface area contributed by atoms with Gasteiger partial charge in [0.15, 0.2) is 0 Å². The molecule has 1 aromatic heterocycles. The smallest absolute Gasteiger partial charge is 0.255 e. The molecule has 1 N–H and O–H groups in total. The van der Waals surface area contributed by atoms with E-state index in [-0.39, 0.29) is 16.2 Å². The number of carbonyl (C=O) groups excluding carboxylic acids is 1. The number of amides is 1. The van der Waals surface area contributed by atoms with Gasteiger partial charge in [-0.1, -0.05) is 12.1 Å². The van der Waals surface area contributed by atoms with Gasteiger partial charge in [-0.15, -0.1) is 0 Å². The van der Waals surface area contributed by atoms with Gasteiger partial charge in [-0.05, 0) is 36.4 Å². The largest absolute Gasteiger partial charge is 0.495 e. The summed E-state index contributed by atoms with van der Waals surface area (Å²) in [4.78, 5) is 12.7. The second-order valence-electron chi connectivity index (χ2n) is 6.07. The maximum atomic E-state index is 12.8. The molecule has 0 radical (unpaired) electrons. The van der Waals surface area contributed by atoms with Gasteiger partial charge in [0.1, 0.15) is 10.6 Å². The van der Waals surface area contributed by atoms with Crippen LogP contribution in [0.25, 0.3) is 5.69 Å². The number of hydrogen-bond acceptors (Lipinski definition) is 5. The van der Waals surface area contributed by atoms with E-state index in [0.717, 1.165) is 4.31 Å². The predicted octanol–water partition coefficient (Wildman–Crippen LogP) is 2.38. The molecule has 8 nitrogen and oxygen atoms in total. The van der Waals surface area contributed by atoms with Crippen LogP contribution in [0, 0.1) is 0 Å². The Kier molecular flexibility index (Phi) is 5.48. The molecule has 0 spiro atoms. The lowest BCUT2D eigenvalue weighted by Gasteiger charge is -2.16. The zero-order valence-corrected chi connectivity index (χ0v) is 16.5. The molecule has 0 aliphatic carbocycles. The van der Waals surface area contributed by atoms with Crippen molar-refractivity contribution in [2.75, 3.05) is 26.5 Å². The highest BCUT2D eigenvalue weighted by Crippen LogP contribution is 2.28. The Bertz CT molecular complexity index is 1090. The summed E-state index contributed by atoms with van der Waals surface area (Å²) < 4.78 is 33.0. The lowest BCUT2D eigenvalue weighted by Crippen LogP contribution is -2.23. The molecule has 0 bridgehead atoms. The van der Waals surface area contributed by atoms with Gasteiger partial charge in [0, 0.05) is 32.1 Å². The second-order valence-corrected chi connectivity index (χ2v) is 8.20. The van der Waals surface area contributed by atoms with Crippen molar-refractivity contribution >= 4 is 21.6 Å². The van der Waals surface area contributed by atoms with Gasteiger partial charge in [-0.3, -0.25) is 4.79 Å². The number of rotatable bonds is 6. The molecule has 1 amide bonds. The highest BCUT2D eigenvalue weighted by molar-refractivity contribution is 7.89. The van der Waals surface area contributed by atoms with Crippen LogP contribution in [-0.2, 0) is 10.0 Å². The van der Waals surface area contributed by atoms with E-state index < -0.39 is 15.9 Å². The summed E-state index contributed by atoms with van der Waals surface area (Å²) in [5.74, 6) is -0.278.